The fourth-order valence-electron chi connectivity index (χ4n) is 1.61. The van der Waals surface area contributed by atoms with Crippen molar-refractivity contribution in [3.8, 4) is 0 Å². The number of aryl methyl sites for hydroxylation is 1. The van der Waals surface area contributed by atoms with Crippen molar-refractivity contribution in [2.45, 2.75) is 13.5 Å². The van der Waals surface area contributed by atoms with Gasteiger partial charge in [-0.05, 0) is 41.1 Å². The summed E-state index contributed by atoms with van der Waals surface area (Å²) in [6, 6.07) is 5.53. The number of nitrogens with one attached hydrogen (secondary N) is 1. The Kier molecular flexibility index (Phi) is 3.85. The van der Waals surface area contributed by atoms with Crippen LogP contribution in [0.2, 0.25) is 0 Å². The molecular formula is C12H13IN4O. The van der Waals surface area contributed by atoms with Gasteiger partial charge in [0.2, 0.25) is 5.91 Å². The van der Waals surface area contributed by atoms with Gasteiger partial charge in [-0.3, -0.25) is 9.48 Å². The molecular weight excluding hydrogens is 343 g/mol. The average molecular weight is 356 g/mol. The van der Waals surface area contributed by atoms with E-state index in [4.69, 9.17) is 5.73 Å². The predicted molar refractivity (Wildman–Crippen MR) is 79.2 cm³/mol. The second-order valence-corrected chi connectivity index (χ2v) is 5.19. The van der Waals surface area contributed by atoms with Crippen molar-refractivity contribution in [1.29, 1.82) is 0 Å². The first-order chi connectivity index (χ1) is 8.56. The maximum absolute atomic E-state index is 11.9. The zero-order valence-corrected chi connectivity index (χ0v) is 12.0. The zero-order valence-electron chi connectivity index (χ0n) is 9.85. The lowest BCUT2D eigenvalue weighted by Gasteiger charge is -2.10. The monoisotopic (exact) mass is 356 g/mol. The Balaban J connectivity index is 2.08. The number of benzene rings is 1. The number of nitrogens with zero attached hydrogens (tertiary/aromatic N) is 2. The van der Waals surface area contributed by atoms with Gasteiger partial charge >= 0.3 is 0 Å². The molecule has 0 saturated carbocycles. The number of hydrogen-bond donors (Lipinski definition) is 2. The maximum Gasteiger partial charge on any atom is 0.246 e. The summed E-state index contributed by atoms with van der Waals surface area (Å²) in [6.07, 6.45) is 3.51. The molecule has 0 saturated heterocycles. The third-order valence-electron chi connectivity index (χ3n) is 2.48. The number of aromatic nitrogens is 2. The largest absolute Gasteiger partial charge is 0.397 e. The second kappa shape index (κ2) is 5.38. The van der Waals surface area contributed by atoms with E-state index in [1.54, 1.807) is 23.1 Å². The number of carbonyl (C=O) groups is 1. The van der Waals surface area contributed by atoms with Crippen molar-refractivity contribution in [2.75, 3.05) is 11.1 Å². The first-order valence-electron chi connectivity index (χ1n) is 5.39. The van der Waals surface area contributed by atoms with E-state index >= 15 is 0 Å². The molecule has 18 heavy (non-hydrogen) atoms. The lowest BCUT2D eigenvalue weighted by atomic mass is 10.1. The first kappa shape index (κ1) is 12.9. The van der Waals surface area contributed by atoms with Crippen LogP contribution in [0, 0.1) is 10.5 Å². The summed E-state index contributed by atoms with van der Waals surface area (Å²) in [5, 5.41) is 6.87. The molecule has 1 amide bonds. The Hall–Kier alpha value is -1.57. The molecule has 94 valence electrons. The molecule has 1 aromatic carbocycles. The van der Waals surface area contributed by atoms with Gasteiger partial charge in [0.05, 0.1) is 21.1 Å². The molecule has 1 heterocycles. The van der Waals surface area contributed by atoms with Crippen LogP contribution in [0.1, 0.15) is 5.56 Å². The molecule has 2 aromatic rings. The van der Waals surface area contributed by atoms with E-state index in [9.17, 15) is 4.79 Å². The number of hydrogen-bond acceptors (Lipinski definition) is 3. The summed E-state index contributed by atoms with van der Waals surface area (Å²) in [5.74, 6) is -0.143. The SMILES string of the molecule is Cc1cccc(N)c1NC(=O)Cn1cc(I)cn1. The van der Waals surface area contributed by atoms with Gasteiger partial charge in [-0.25, -0.2) is 0 Å². The fourth-order valence-corrected chi connectivity index (χ4v) is 2.06. The molecule has 0 radical (unpaired) electrons. The summed E-state index contributed by atoms with van der Waals surface area (Å²) in [5.41, 5.74) is 8.01. The van der Waals surface area contributed by atoms with Crippen molar-refractivity contribution in [2.24, 2.45) is 0 Å². The summed E-state index contributed by atoms with van der Waals surface area (Å²) in [7, 11) is 0. The topological polar surface area (TPSA) is 72.9 Å². The molecule has 0 fully saturated rings. The van der Waals surface area contributed by atoms with Crippen LogP contribution in [0.15, 0.2) is 30.6 Å². The summed E-state index contributed by atoms with van der Waals surface area (Å²) in [6.45, 7) is 2.08. The second-order valence-electron chi connectivity index (χ2n) is 3.94. The van der Waals surface area contributed by atoms with Crippen LogP contribution < -0.4 is 11.1 Å². The molecule has 0 bridgehead atoms. The van der Waals surface area contributed by atoms with Crippen LogP contribution in [0.4, 0.5) is 11.4 Å². The van der Waals surface area contributed by atoms with Gasteiger partial charge in [-0.15, -0.1) is 0 Å². The molecule has 0 atom stereocenters. The molecule has 2 rings (SSSR count). The Morgan fingerprint density at radius 3 is 2.94 bits per heavy atom. The molecule has 5 nitrogen and oxygen atoms in total. The minimum absolute atomic E-state index is 0.143. The molecule has 6 heteroatoms. The number of amides is 1. The van der Waals surface area contributed by atoms with E-state index in [0.29, 0.717) is 11.4 Å². The van der Waals surface area contributed by atoms with Crippen molar-refractivity contribution < 1.29 is 4.79 Å². The van der Waals surface area contributed by atoms with Crippen LogP contribution in [-0.2, 0) is 11.3 Å². The number of para-hydroxylation sites is 1. The maximum atomic E-state index is 11.9. The van der Waals surface area contributed by atoms with Crippen molar-refractivity contribution in [3.63, 3.8) is 0 Å². The molecule has 0 aliphatic rings. The van der Waals surface area contributed by atoms with Crippen LogP contribution in [0.25, 0.3) is 0 Å². The number of rotatable bonds is 3. The molecule has 0 spiro atoms. The van der Waals surface area contributed by atoms with E-state index in [2.05, 4.69) is 33.0 Å². The van der Waals surface area contributed by atoms with Crippen molar-refractivity contribution in [1.82, 2.24) is 9.78 Å². The third-order valence-corrected chi connectivity index (χ3v) is 3.03. The van der Waals surface area contributed by atoms with Crippen LogP contribution in [0.5, 0.6) is 0 Å². The summed E-state index contributed by atoms with van der Waals surface area (Å²) >= 11 is 2.15. The van der Waals surface area contributed by atoms with Gasteiger partial charge in [-0.2, -0.15) is 5.10 Å². The first-order valence-corrected chi connectivity index (χ1v) is 6.47. The zero-order chi connectivity index (χ0) is 13.1. The van der Waals surface area contributed by atoms with Gasteiger partial charge in [0.1, 0.15) is 6.54 Å². The van der Waals surface area contributed by atoms with Crippen LogP contribution >= 0.6 is 22.6 Å². The number of carbonyl (C=O) groups excluding carboxylic acids is 1. The number of nitrogens with two attached hydrogens (primary N) is 1. The predicted octanol–water partition coefficient (Wildman–Crippen LogP) is 2.02. The molecule has 0 aliphatic heterocycles. The highest BCUT2D eigenvalue weighted by Crippen LogP contribution is 2.22. The smallest absolute Gasteiger partial charge is 0.246 e. The highest BCUT2D eigenvalue weighted by Gasteiger charge is 2.08. The normalized spacial score (nSPS) is 10.3. The number of nitrogen functional groups attached to an aromatic ring is 1. The van der Waals surface area contributed by atoms with Gasteiger partial charge < -0.3 is 11.1 Å². The standard InChI is InChI=1S/C12H13IN4O/c1-8-3-2-4-10(14)12(8)16-11(18)7-17-6-9(13)5-15-17/h2-6H,7,14H2,1H3,(H,16,18). The molecule has 0 unspecified atom stereocenters. The number of halogens is 1. The van der Waals surface area contributed by atoms with E-state index in [1.165, 1.54) is 0 Å². The lowest BCUT2D eigenvalue weighted by Crippen LogP contribution is -2.20. The third kappa shape index (κ3) is 3.00. The summed E-state index contributed by atoms with van der Waals surface area (Å²) in [4.78, 5) is 11.9. The highest BCUT2D eigenvalue weighted by molar-refractivity contribution is 14.1. The quantitative estimate of drug-likeness (QED) is 0.653. The Labute approximate surface area is 119 Å². The fraction of sp³-hybridized carbons (Fsp3) is 0.167. The minimum atomic E-state index is -0.143. The molecule has 1 aromatic heterocycles. The Morgan fingerprint density at radius 1 is 1.56 bits per heavy atom. The van der Waals surface area contributed by atoms with Gasteiger partial charge in [0.15, 0.2) is 0 Å². The molecule has 0 aliphatic carbocycles. The van der Waals surface area contributed by atoms with E-state index < -0.39 is 0 Å². The van der Waals surface area contributed by atoms with E-state index in [-0.39, 0.29) is 12.5 Å². The lowest BCUT2D eigenvalue weighted by molar-refractivity contribution is -0.116. The van der Waals surface area contributed by atoms with Crippen LogP contribution in [-0.4, -0.2) is 15.7 Å². The van der Waals surface area contributed by atoms with Gasteiger partial charge in [0.25, 0.3) is 0 Å². The minimum Gasteiger partial charge on any atom is -0.397 e. The van der Waals surface area contributed by atoms with Gasteiger partial charge in [-0.1, -0.05) is 12.1 Å². The Bertz CT molecular complexity index is 559. The Morgan fingerprint density at radius 2 is 2.33 bits per heavy atom. The van der Waals surface area contributed by atoms with Crippen molar-refractivity contribution in [3.05, 3.63) is 39.7 Å². The van der Waals surface area contributed by atoms with E-state index in [0.717, 1.165) is 9.13 Å². The van der Waals surface area contributed by atoms with Crippen LogP contribution in [0.3, 0.4) is 0 Å². The molecule has 3 N–H and O–H groups in total. The summed E-state index contributed by atoms with van der Waals surface area (Å²) < 4.78 is 2.58. The number of anilines is 2. The van der Waals surface area contributed by atoms with Crippen molar-refractivity contribution >= 4 is 39.9 Å². The van der Waals surface area contributed by atoms with E-state index in [1.807, 2.05) is 19.1 Å². The highest BCUT2D eigenvalue weighted by atomic mass is 127. The average Bonchev–Trinajstić information content (AvgIpc) is 2.69. The van der Waals surface area contributed by atoms with Gasteiger partial charge in [0, 0.05) is 6.20 Å².